The Morgan fingerprint density at radius 1 is 1.39 bits per heavy atom. The molecule has 4 nitrogen and oxygen atoms in total. The zero-order valence-electron chi connectivity index (χ0n) is 10.6. The third-order valence-corrected chi connectivity index (χ3v) is 3.70. The Morgan fingerprint density at radius 3 is 2.61 bits per heavy atom. The van der Waals surface area contributed by atoms with E-state index in [2.05, 4.69) is 9.97 Å². The zero-order chi connectivity index (χ0) is 13.1. The molecule has 0 aliphatic heterocycles. The Kier molecular flexibility index (Phi) is 3.72. The summed E-state index contributed by atoms with van der Waals surface area (Å²) in [5.41, 5.74) is 1.58. The largest absolute Gasteiger partial charge is 0.334 e. The Bertz CT molecular complexity index is 538. The third-order valence-electron chi connectivity index (χ3n) is 2.93. The zero-order valence-corrected chi connectivity index (χ0v) is 11.4. The maximum absolute atomic E-state index is 12.2. The molecule has 0 fully saturated rings. The van der Waals surface area contributed by atoms with E-state index in [0.717, 1.165) is 10.6 Å². The lowest BCUT2D eigenvalue weighted by Crippen LogP contribution is -2.29. The predicted molar refractivity (Wildman–Crippen MR) is 71.6 cm³/mol. The summed E-state index contributed by atoms with van der Waals surface area (Å²) in [5, 5.41) is 2.70. The molecule has 0 radical (unpaired) electrons. The van der Waals surface area contributed by atoms with Gasteiger partial charge in [-0.3, -0.25) is 9.78 Å². The number of hydrogen-bond acceptors (Lipinski definition) is 4. The molecular formula is C13H15N3OS. The van der Waals surface area contributed by atoms with Gasteiger partial charge < -0.3 is 4.90 Å². The number of carbonyl (C=O) groups is 1. The average molecular weight is 261 g/mol. The first-order valence-corrected chi connectivity index (χ1v) is 6.56. The van der Waals surface area contributed by atoms with E-state index >= 15 is 0 Å². The number of amides is 1. The monoisotopic (exact) mass is 261 g/mol. The van der Waals surface area contributed by atoms with Gasteiger partial charge >= 0.3 is 0 Å². The number of pyridine rings is 1. The van der Waals surface area contributed by atoms with Crippen LogP contribution in [0.4, 0.5) is 0 Å². The fraction of sp³-hybridized carbons (Fsp3) is 0.308. The van der Waals surface area contributed by atoms with Gasteiger partial charge in [0.1, 0.15) is 5.69 Å². The second-order valence-corrected chi connectivity index (χ2v) is 5.19. The van der Waals surface area contributed by atoms with Crippen LogP contribution in [0.5, 0.6) is 0 Å². The fourth-order valence-corrected chi connectivity index (χ4v) is 2.27. The quantitative estimate of drug-likeness (QED) is 0.853. The summed E-state index contributed by atoms with van der Waals surface area (Å²) in [6, 6.07) is 3.84. The highest BCUT2D eigenvalue weighted by Crippen LogP contribution is 2.20. The number of aryl methyl sites for hydroxylation is 1. The van der Waals surface area contributed by atoms with Gasteiger partial charge in [0.15, 0.2) is 0 Å². The fourth-order valence-electron chi connectivity index (χ4n) is 1.68. The molecule has 0 saturated heterocycles. The molecule has 2 aromatic rings. The highest BCUT2D eigenvalue weighted by atomic mass is 32.1. The lowest BCUT2D eigenvalue weighted by Gasteiger charge is -2.24. The Morgan fingerprint density at radius 2 is 2.06 bits per heavy atom. The minimum atomic E-state index is -0.0522. The molecule has 2 heterocycles. The molecule has 0 saturated carbocycles. The van der Waals surface area contributed by atoms with Crippen molar-refractivity contribution in [2.24, 2.45) is 0 Å². The van der Waals surface area contributed by atoms with Crippen molar-refractivity contribution < 1.29 is 4.79 Å². The van der Waals surface area contributed by atoms with Crippen LogP contribution in [0.15, 0.2) is 29.9 Å². The number of carbonyl (C=O) groups excluding carboxylic acids is 1. The summed E-state index contributed by atoms with van der Waals surface area (Å²) >= 11 is 1.49. The molecule has 0 aliphatic carbocycles. The maximum Gasteiger partial charge on any atom is 0.273 e. The van der Waals surface area contributed by atoms with Gasteiger partial charge in [-0.25, -0.2) is 4.98 Å². The van der Waals surface area contributed by atoms with Gasteiger partial charge in [-0.2, -0.15) is 0 Å². The molecule has 0 N–H and O–H groups in total. The number of hydrogen-bond donors (Lipinski definition) is 0. The summed E-state index contributed by atoms with van der Waals surface area (Å²) in [6.45, 7) is 3.89. The number of nitrogens with zero attached hydrogens (tertiary/aromatic N) is 3. The summed E-state index contributed by atoms with van der Waals surface area (Å²) in [5.74, 6) is -0.0522. The first kappa shape index (κ1) is 12.7. The summed E-state index contributed by atoms with van der Waals surface area (Å²) in [6.07, 6.45) is 3.47. The molecule has 0 bridgehead atoms. The van der Waals surface area contributed by atoms with E-state index < -0.39 is 0 Å². The summed E-state index contributed by atoms with van der Waals surface area (Å²) in [4.78, 5) is 22.1. The van der Waals surface area contributed by atoms with Crippen molar-refractivity contribution in [1.82, 2.24) is 14.9 Å². The van der Waals surface area contributed by atoms with Crippen LogP contribution in [-0.4, -0.2) is 27.8 Å². The number of rotatable bonds is 3. The molecule has 0 aliphatic rings. The van der Waals surface area contributed by atoms with Gasteiger partial charge in [-0.15, -0.1) is 11.3 Å². The van der Waals surface area contributed by atoms with Gasteiger partial charge in [-0.05, 0) is 31.5 Å². The van der Waals surface area contributed by atoms with Gasteiger partial charge in [0, 0.05) is 24.8 Å². The van der Waals surface area contributed by atoms with E-state index in [9.17, 15) is 4.79 Å². The van der Waals surface area contributed by atoms with Crippen molar-refractivity contribution in [3.63, 3.8) is 0 Å². The SMILES string of the molecule is Cc1nc(C(=O)N(C)C(C)c2ccncc2)cs1. The standard InChI is InChI=1S/C13H15N3OS/c1-9(11-4-6-14-7-5-11)16(3)13(17)12-8-18-10(2)15-12/h4-9H,1-3H3. The van der Waals surface area contributed by atoms with Crippen molar-refractivity contribution in [3.05, 3.63) is 46.2 Å². The van der Waals surface area contributed by atoms with Crippen LogP contribution in [0.1, 0.15) is 34.0 Å². The molecule has 94 valence electrons. The van der Waals surface area contributed by atoms with Crippen LogP contribution in [0, 0.1) is 6.92 Å². The molecule has 5 heteroatoms. The van der Waals surface area contributed by atoms with Gasteiger partial charge in [0.25, 0.3) is 5.91 Å². The van der Waals surface area contributed by atoms with Crippen LogP contribution >= 0.6 is 11.3 Å². The maximum atomic E-state index is 12.2. The smallest absolute Gasteiger partial charge is 0.273 e. The first-order valence-electron chi connectivity index (χ1n) is 5.69. The van der Waals surface area contributed by atoms with E-state index in [-0.39, 0.29) is 11.9 Å². The third kappa shape index (κ3) is 2.56. The second-order valence-electron chi connectivity index (χ2n) is 4.12. The van der Waals surface area contributed by atoms with Crippen LogP contribution in [0.2, 0.25) is 0 Å². The van der Waals surface area contributed by atoms with E-state index in [4.69, 9.17) is 0 Å². The van der Waals surface area contributed by atoms with Crippen molar-refractivity contribution in [3.8, 4) is 0 Å². The second kappa shape index (κ2) is 5.27. The van der Waals surface area contributed by atoms with Crippen LogP contribution in [-0.2, 0) is 0 Å². The highest BCUT2D eigenvalue weighted by Gasteiger charge is 2.20. The van der Waals surface area contributed by atoms with Crippen molar-refractivity contribution in [1.29, 1.82) is 0 Å². The average Bonchev–Trinajstić information content (AvgIpc) is 2.84. The summed E-state index contributed by atoms with van der Waals surface area (Å²) in [7, 11) is 1.79. The normalized spacial score (nSPS) is 12.2. The van der Waals surface area contributed by atoms with Gasteiger partial charge in [0.05, 0.1) is 11.0 Å². The molecule has 0 aromatic carbocycles. The highest BCUT2D eigenvalue weighted by molar-refractivity contribution is 7.09. The van der Waals surface area contributed by atoms with Crippen molar-refractivity contribution in [2.75, 3.05) is 7.05 Å². The van der Waals surface area contributed by atoms with Gasteiger partial charge in [-0.1, -0.05) is 0 Å². The van der Waals surface area contributed by atoms with E-state index in [1.807, 2.05) is 26.0 Å². The van der Waals surface area contributed by atoms with E-state index in [1.165, 1.54) is 11.3 Å². The minimum Gasteiger partial charge on any atom is -0.334 e. The molecule has 0 spiro atoms. The lowest BCUT2D eigenvalue weighted by atomic mass is 10.1. The lowest BCUT2D eigenvalue weighted by molar-refractivity contribution is 0.0737. The molecular weight excluding hydrogens is 246 g/mol. The molecule has 1 amide bonds. The van der Waals surface area contributed by atoms with Crippen LogP contribution in [0.3, 0.4) is 0 Å². The molecule has 1 atom stereocenters. The minimum absolute atomic E-state index is 0.00232. The Hall–Kier alpha value is -1.75. The first-order chi connectivity index (χ1) is 8.59. The number of thiazole rings is 1. The molecule has 1 unspecified atom stereocenters. The van der Waals surface area contributed by atoms with Crippen LogP contribution in [0.25, 0.3) is 0 Å². The van der Waals surface area contributed by atoms with Gasteiger partial charge in [0.2, 0.25) is 0 Å². The molecule has 2 rings (SSSR count). The topological polar surface area (TPSA) is 46.1 Å². The number of aromatic nitrogens is 2. The van der Waals surface area contributed by atoms with E-state index in [0.29, 0.717) is 5.69 Å². The summed E-state index contributed by atoms with van der Waals surface area (Å²) < 4.78 is 0. The predicted octanol–water partition coefficient (Wildman–Crippen LogP) is 2.68. The Balaban J connectivity index is 2.16. The van der Waals surface area contributed by atoms with E-state index in [1.54, 1.807) is 29.7 Å². The Labute approximate surface area is 110 Å². The van der Waals surface area contributed by atoms with Crippen molar-refractivity contribution in [2.45, 2.75) is 19.9 Å². The molecule has 18 heavy (non-hydrogen) atoms. The molecule has 2 aromatic heterocycles. The van der Waals surface area contributed by atoms with Crippen molar-refractivity contribution >= 4 is 17.2 Å². The van der Waals surface area contributed by atoms with Crippen LogP contribution < -0.4 is 0 Å².